The van der Waals surface area contributed by atoms with Gasteiger partial charge in [-0.15, -0.1) is 0 Å². The fraction of sp³-hybridized carbons (Fsp3) is 0.455. The maximum absolute atomic E-state index is 2.27. The predicted molar refractivity (Wildman–Crippen MR) is 101 cm³/mol. The lowest BCUT2D eigenvalue weighted by Gasteiger charge is -2.02. The van der Waals surface area contributed by atoms with Crippen LogP contribution in [0.5, 0.6) is 0 Å². The van der Waals surface area contributed by atoms with Crippen molar-refractivity contribution in [1.82, 2.24) is 0 Å². The first-order valence-electron chi connectivity index (χ1n) is 8.85. The van der Waals surface area contributed by atoms with E-state index in [4.69, 9.17) is 0 Å². The van der Waals surface area contributed by atoms with E-state index in [0.717, 1.165) is 6.42 Å². The zero-order valence-corrected chi connectivity index (χ0v) is 14.6. The first kappa shape index (κ1) is 18.5. The van der Waals surface area contributed by atoms with E-state index in [0.29, 0.717) is 0 Å². The summed E-state index contributed by atoms with van der Waals surface area (Å²) < 4.78 is 0. The monoisotopic (exact) mass is 296 g/mol. The van der Waals surface area contributed by atoms with Crippen molar-refractivity contribution in [2.75, 3.05) is 0 Å². The second kappa shape index (κ2) is 12.0. The van der Waals surface area contributed by atoms with E-state index in [2.05, 4.69) is 75.5 Å². The van der Waals surface area contributed by atoms with Crippen LogP contribution >= 0.6 is 0 Å². The van der Waals surface area contributed by atoms with Crippen molar-refractivity contribution in [1.29, 1.82) is 0 Å². The summed E-state index contributed by atoms with van der Waals surface area (Å²) in [5.41, 5.74) is 4.08. The average Bonchev–Trinajstić information content (AvgIpc) is 2.51. The van der Waals surface area contributed by atoms with E-state index < -0.39 is 0 Å². The zero-order chi connectivity index (χ0) is 16.0. The molecule has 0 nitrogen and oxygen atoms in total. The summed E-state index contributed by atoms with van der Waals surface area (Å²) in [4.78, 5) is 0. The minimum Gasteiger partial charge on any atom is -0.0654 e. The Labute approximate surface area is 137 Å². The molecule has 0 N–H and O–H groups in total. The first-order valence-corrected chi connectivity index (χ1v) is 8.85. The second-order valence-corrected chi connectivity index (χ2v) is 5.99. The minimum atomic E-state index is 1.07. The molecule has 0 bridgehead atoms. The van der Waals surface area contributed by atoms with Crippen LogP contribution in [0.2, 0.25) is 0 Å². The molecule has 0 aromatic rings. The molecule has 22 heavy (non-hydrogen) atoms. The van der Waals surface area contributed by atoms with Crippen LogP contribution in [-0.4, -0.2) is 0 Å². The third-order valence-corrected chi connectivity index (χ3v) is 3.94. The van der Waals surface area contributed by atoms with Crippen LogP contribution in [0.4, 0.5) is 0 Å². The topological polar surface area (TPSA) is 0 Å². The number of hydrogen-bond acceptors (Lipinski definition) is 0. The van der Waals surface area contributed by atoms with E-state index >= 15 is 0 Å². The highest BCUT2D eigenvalue weighted by atomic mass is 14.0. The lowest BCUT2D eigenvalue weighted by atomic mass is 10.0. The Kier molecular flexibility index (Phi) is 10.1. The lowest BCUT2D eigenvalue weighted by molar-refractivity contribution is 0.633. The predicted octanol–water partition coefficient (Wildman–Crippen LogP) is 7.24. The summed E-state index contributed by atoms with van der Waals surface area (Å²) in [6, 6.07) is 0. The maximum Gasteiger partial charge on any atom is -0.0279 e. The molecule has 1 aliphatic rings. The molecule has 0 saturated carbocycles. The number of unbranched alkanes of at least 4 members (excludes halogenated alkanes) is 4. The molecule has 0 atom stereocenters. The average molecular weight is 296 g/mol. The van der Waals surface area contributed by atoms with Crippen LogP contribution in [0.3, 0.4) is 0 Å². The van der Waals surface area contributed by atoms with Gasteiger partial charge in [-0.05, 0) is 37.3 Å². The van der Waals surface area contributed by atoms with Crippen molar-refractivity contribution in [3.63, 3.8) is 0 Å². The lowest BCUT2D eigenvalue weighted by Crippen LogP contribution is -1.82. The van der Waals surface area contributed by atoms with Crippen molar-refractivity contribution >= 4 is 0 Å². The van der Waals surface area contributed by atoms with Gasteiger partial charge in [-0.3, -0.25) is 0 Å². The number of hydrogen-bond donors (Lipinski definition) is 0. The molecule has 0 aromatic heterocycles. The molecule has 0 amide bonds. The van der Waals surface area contributed by atoms with Crippen molar-refractivity contribution in [2.24, 2.45) is 0 Å². The molecule has 0 heterocycles. The van der Waals surface area contributed by atoms with Gasteiger partial charge in [0.2, 0.25) is 0 Å². The summed E-state index contributed by atoms with van der Waals surface area (Å²) >= 11 is 0. The van der Waals surface area contributed by atoms with Crippen LogP contribution in [-0.2, 0) is 0 Å². The highest BCUT2D eigenvalue weighted by molar-refractivity contribution is 5.35. The minimum absolute atomic E-state index is 1.07. The maximum atomic E-state index is 2.27. The van der Waals surface area contributed by atoms with Crippen LogP contribution in [0.25, 0.3) is 0 Å². The highest BCUT2D eigenvalue weighted by Crippen LogP contribution is 2.14. The zero-order valence-electron chi connectivity index (χ0n) is 14.6. The molecule has 0 unspecified atom stereocenters. The normalized spacial score (nSPS) is 27.1. The van der Waals surface area contributed by atoms with E-state index in [1.807, 2.05) is 0 Å². The molecule has 0 radical (unpaired) electrons. The smallest absolute Gasteiger partial charge is 0.0279 e. The van der Waals surface area contributed by atoms with Crippen LogP contribution in [0.15, 0.2) is 71.4 Å². The van der Waals surface area contributed by atoms with E-state index in [9.17, 15) is 0 Å². The van der Waals surface area contributed by atoms with Gasteiger partial charge in [0, 0.05) is 0 Å². The Morgan fingerprint density at radius 1 is 0.682 bits per heavy atom. The van der Waals surface area contributed by atoms with Crippen molar-refractivity contribution in [3.8, 4) is 0 Å². The molecular weight excluding hydrogens is 264 g/mol. The summed E-state index contributed by atoms with van der Waals surface area (Å²) in [5.74, 6) is 0. The third kappa shape index (κ3) is 8.67. The molecule has 1 aliphatic carbocycles. The first-order chi connectivity index (χ1) is 10.8. The molecule has 0 fully saturated rings. The molecular formula is C22H32. The Morgan fingerprint density at radius 3 is 2.14 bits per heavy atom. The molecule has 0 saturated heterocycles. The molecule has 1 rings (SSSR count). The standard InChI is InChI=1S/C22H32/c1-4-6-7-8-9-15-22-16-11-10-14-21(5-2)19-18-20(3)13-12-17-22/h10-14,16-19H,4-9,15H2,1-3H3/b11-10?,13-12-,14-10+,16-11+,17-12?,19-18?,20-13?,20-18-,21-14?,21-19-,22-16?,22-17-. The summed E-state index contributed by atoms with van der Waals surface area (Å²) in [6.07, 6.45) is 28.8. The van der Waals surface area contributed by atoms with Gasteiger partial charge in [-0.1, -0.05) is 99.8 Å². The van der Waals surface area contributed by atoms with Crippen LogP contribution in [0.1, 0.15) is 65.7 Å². The van der Waals surface area contributed by atoms with E-state index in [-0.39, 0.29) is 0 Å². The Hall–Kier alpha value is -1.56. The summed E-state index contributed by atoms with van der Waals surface area (Å²) in [5, 5.41) is 0. The quantitative estimate of drug-likeness (QED) is 0.434. The van der Waals surface area contributed by atoms with Gasteiger partial charge in [0.1, 0.15) is 0 Å². The molecule has 120 valence electrons. The van der Waals surface area contributed by atoms with Gasteiger partial charge in [-0.25, -0.2) is 0 Å². The molecule has 0 aliphatic heterocycles. The Balaban J connectivity index is 2.70. The van der Waals surface area contributed by atoms with Gasteiger partial charge in [0.15, 0.2) is 0 Å². The Morgan fingerprint density at radius 2 is 1.41 bits per heavy atom. The number of allylic oxidation sites excluding steroid dienone is 12. The summed E-state index contributed by atoms with van der Waals surface area (Å²) in [7, 11) is 0. The Bertz CT molecular complexity index is 478. The second-order valence-electron chi connectivity index (χ2n) is 5.99. The SMILES string of the molecule is CCCCCCCC1=C/C=C\C(C)=C/C=C(CC)\C=C\C=C\1. The van der Waals surface area contributed by atoms with E-state index in [1.165, 1.54) is 55.2 Å². The molecule has 0 aromatic carbocycles. The van der Waals surface area contributed by atoms with Gasteiger partial charge in [0.05, 0.1) is 0 Å². The molecule has 0 spiro atoms. The third-order valence-electron chi connectivity index (χ3n) is 3.94. The largest absolute Gasteiger partial charge is 0.0654 e. The molecule has 0 heteroatoms. The van der Waals surface area contributed by atoms with Gasteiger partial charge >= 0.3 is 0 Å². The fourth-order valence-corrected chi connectivity index (χ4v) is 2.42. The van der Waals surface area contributed by atoms with Crippen molar-refractivity contribution in [3.05, 3.63) is 71.4 Å². The van der Waals surface area contributed by atoms with Crippen LogP contribution < -0.4 is 0 Å². The van der Waals surface area contributed by atoms with Gasteiger partial charge in [-0.2, -0.15) is 0 Å². The van der Waals surface area contributed by atoms with Gasteiger partial charge < -0.3 is 0 Å². The fourth-order valence-electron chi connectivity index (χ4n) is 2.42. The van der Waals surface area contributed by atoms with Crippen molar-refractivity contribution < 1.29 is 0 Å². The highest BCUT2D eigenvalue weighted by Gasteiger charge is 1.94. The van der Waals surface area contributed by atoms with Crippen LogP contribution in [0, 0.1) is 0 Å². The number of rotatable bonds is 7. The summed E-state index contributed by atoms with van der Waals surface area (Å²) in [6.45, 7) is 6.63. The van der Waals surface area contributed by atoms with E-state index in [1.54, 1.807) is 0 Å². The van der Waals surface area contributed by atoms with Gasteiger partial charge in [0.25, 0.3) is 0 Å². The van der Waals surface area contributed by atoms with Crippen molar-refractivity contribution in [2.45, 2.75) is 65.7 Å².